The van der Waals surface area contributed by atoms with Crippen LogP contribution in [0.3, 0.4) is 0 Å². The highest BCUT2D eigenvalue weighted by Crippen LogP contribution is 2.21. The third-order valence-electron chi connectivity index (χ3n) is 4.25. The molecule has 0 heterocycles. The maximum Gasteiger partial charge on any atom is 0.239 e. The van der Waals surface area contributed by atoms with E-state index in [9.17, 15) is 4.79 Å². The number of carbonyl (C=O) groups is 1. The molecule has 1 unspecified atom stereocenters. The van der Waals surface area contributed by atoms with Gasteiger partial charge >= 0.3 is 0 Å². The van der Waals surface area contributed by atoms with Crippen LogP contribution in [0.25, 0.3) is 0 Å². The van der Waals surface area contributed by atoms with Gasteiger partial charge in [0.2, 0.25) is 5.91 Å². The van der Waals surface area contributed by atoms with Gasteiger partial charge in [-0.2, -0.15) is 0 Å². The molecule has 1 aromatic rings. The van der Waals surface area contributed by atoms with E-state index in [-0.39, 0.29) is 36.4 Å². The first-order valence-corrected chi connectivity index (χ1v) is 10.0. The fourth-order valence-corrected chi connectivity index (χ4v) is 3.87. The van der Waals surface area contributed by atoms with Crippen LogP contribution in [-0.4, -0.2) is 43.3 Å². The van der Waals surface area contributed by atoms with Crippen molar-refractivity contribution in [2.24, 2.45) is 4.99 Å². The number of nitrogens with zero attached hydrogens (tertiary/aromatic N) is 1. The molecule has 0 bridgehead atoms. The highest BCUT2D eigenvalue weighted by molar-refractivity contribution is 14.0. The van der Waals surface area contributed by atoms with E-state index >= 15 is 0 Å². The highest BCUT2D eigenvalue weighted by Gasteiger charge is 2.15. The summed E-state index contributed by atoms with van der Waals surface area (Å²) in [4.78, 5) is 17.5. The summed E-state index contributed by atoms with van der Waals surface area (Å²) in [7, 11) is 1.73. The number of aliphatic imine (C=N–C) groups is 1. The van der Waals surface area contributed by atoms with Crippen molar-refractivity contribution < 1.29 is 4.79 Å². The van der Waals surface area contributed by atoms with Gasteiger partial charge < -0.3 is 16.0 Å². The predicted molar refractivity (Wildman–Crippen MR) is 122 cm³/mol. The summed E-state index contributed by atoms with van der Waals surface area (Å²) in [5, 5.41) is 9.89. The average Bonchev–Trinajstić information content (AvgIpc) is 2.63. The standard InChI is InChI=1S/C19H30N4OS.HI/c1-15(25-17-11-7-4-8-12-17)13-21-19(20-2)22-14-18(24)23-16-9-5-3-6-10-16;/h4,7-8,11-12,15-16H,3,5-6,9-10,13-14H2,1-2H3,(H,23,24)(H2,20,21,22);1H. The lowest BCUT2D eigenvalue weighted by atomic mass is 9.95. The number of halogens is 1. The van der Waals surface area contributed by atoms with Crippen LogP contribution >= 0.6 is 35.7 Å². The third-order valence-corrected chi connectivity index (χ3v) is 5.36. The molecule has 26 heavy (non-hydrogen) atoms. The van der Waals surface area contributed by atoms with Crippen molar-refractivity contribution in [3.8, 4) is 0 Å². The van der Waals surface area contributed by atoms with Crippen molar-refractivity contribution >= 4 is 47.6 Å². The molecule has 0 spiro atoms. The summed E-state index contributed by atoms with van der Waals surface area (Å²) in [6.45, 7) is 3.22. The quantitative estimate of drug-likeness (QED) is 0.237. The number of guanidine groups is 1. The molecule has 0 aliphatic heterocycles. The lowest BCUT2D eigenvalue weighted by molar-refractivity contribution is -0.120. The second-order valence-corrected chi connectivity index (χ2v) is 7.96. The van der Waals surface area contributed by atoms with Crippen LogP contribution in [-0.2, 0) is 4.79 Å². The van der Waals surface area contributed by atoms with Gasteiger partial charge in [-0.05, 0) is 25.0 Å². The van der Waals surface area contributed by atoms with Gasteiger partial charge in [-0.3, -0.25) is 9.79 Å². The van der Waals surface area contributed by atoms with Crippen molar-refractivity contribution in [3.05, 3.63) is 30.3 Å². The van der Waals surface area contributed by atoms with Crippen molar-refractivity contribution in [3.63, 3.8) is 0 Å². The van der Waals surface area contributed by atoms with Crippen molar-refractivity contribution in [2.45, 2.75) is 55.2 Å². The Morgan fingerprint density at radius 1 is 1.19 bits per heavy atom. The van der Waals surface area contributed by atoms with E-state index in [0.717, 1.165) is 19.4 Å². The van der Waals surface area contributed by atoms with Crippen LogP contribution in [0.4, 0.5) is 0 Å². The topological polar surface area (TPSA) is 65.5 Å². The number of carbonyl (C=O) groups excluding carboxylic acids is 1. The largest absolute Gasteiger partial charge is 0.355 e. The second kappa shape index (κ2) is 13.2. The third kappa shape index (κ3) is 9.12. The lowest BCUT2D eigenvalue weighted by Crippen LogP contribution is -2.46. The Balaban J connectivity index is 0.00000338. The number of benzene rings is 1. The molecule has 3 N–H and O–H groups in total. The monoisotopic (exact) mass is 490 g/mol. The predicted octanol–water partition coefficient (Wildman–Crippen LogP) is 3.40. The summed E-state index contributed by atoms with van der Waals surface area (Å²) in [5.74, 6) is 0.709. The molecule has 1 aliphatic carbocycles. The normalized spacial score (nSPS) is 16.3. The second-order valence-electron chi connectivity index (χ2n) is 6.45. The van der Waals surface area contributed by atoms with Crippen LogP contribution in [0.2, 0.25) is 0 Å². The van der Waals surface area contributed by atoms with Gasteiger partial charge in [0.05, 0.1) is 6.54 Å². The SMILES string of the molecule is CN=C(NCC(=O)NC1CCCCC1)NCC(C)Sc1ccccc1.I. The first-order chi connectivity index (χ1) is 12.2. The Labute approximate surface area is 178 Å². The Kier molecular flexibility index (Phi) is 11.8. The van der Waals surface area contributed by atoms with Crippen molar-refractivity contribution in [1.82, 2.24) is 16.0 Å². The summed E-state index contributed by atoms with van der Waals surface area (Å²) in [6, 6.07) is 10.7. The zero-order chi connectivity index (χ0) is 17.9. The zero-order valence-corrected chi connectivity index (χ0v) is 18.8. The molecule has 1 fully saturated rings. The Bertz CT molecular complexity index is 550. The van der Waals surface area contributed by atoms with E-state index in [0.29, 0.717) is 17.3 Å². The van der Waals surface area contributed by atoms with Gasteiger partial charge in [-0.25, -0.2) is 0 Å². The zero-order valence-electron chi connectivity index (χ0n) is 15.7. The van der Waals surface area contributed by atoms with Crippen molar-refractivity contribution in [2.75, 3.05) is 20.1 Å². The maximum atomic E-state index is 12.1. The van der Waals surface area contributed by atoms with Gasteiger partial charge in [0.25, 0.3) is 0 Å². The Morgan fingerprint density at radius 2 is 1.88 bits per heavy atom. The van der Waals surface area contributed by atoms with Crippen LogP contribution in [0.1, 0.15) is 39.0 Å². The van der Waals surface area contributed by atoms with E-state index in [2.05, 4.69) is 40.0 Å². The molecule has 1 saturated carbocycles. The summed E-state index contributed by atoms with van der Waals surface area (Å²) in [6.07, 6.45) is 5.94. The molecule has 2 rings (SSSR count). The number of hydrogen-bond acceptors (Lipinski definition) is 3. The van der Waals surface area contributed by atoms with E-state index < -0.39 is 0 Å². The molecule has 5 nitrogen and oxygen atoms in total. The molecule has 1 aliphatic rings. The smallest absolute Gasteiger partial charge is 0.239 e. The van der Waals surface area contributed by atoms with Crippen LogP contribution < -0.4 is 16.0 Å². The van der Waals surface area contributed by atoms with E-state index in [1.165, 1.54) is 24.2 Å². The first-order valence-electron chi connectivity index (χ1n) is 9.13. The van der Waals surface area contributed by atoms with Gasteiger partial charge in [0.1, 0.15) is 0 Å². The molecule has 1 amide bonds. The van der Waals surface area contributed by atoms with Gasteiger partial charge in [-0.1, -0.05) is 44.4 Å². The molecule has 0 aromatic heterocycles. The number of hydrogen-bond donors (Lipinski definition) is 3. The number of amides is 1. The highest BCUT2D eigenvalue weighted by atomic mass is 127. The van der Waals surface area contributed by atoms with E-state index in [1.807, 2.05) is 30.0 Å². The minimum absolute atomic E-state index is 0. The van der Waals surface area contributed by atoms with Gasteiger partial charge in [-0.15, -0.1) is 35.7 Å². The van der Waals surface area contributed by atoms with Crippen LogP contribution in [0.5, 0.6) is 0 Å². The molecular weight excluding hydrogens is 459 g/mol. The molecule has 7 heteroatoms. The summed E-state index contributed by atoms with van der Waals surface area (Å²) < 4.78 is 0. The first kappa shape index (κ1) is 23.1. The molecule has 0 radical (unpaired) electrons. The van der Waals surface area contributed by atoms with E-state index in [4.69, 9.17) is 0 Å². The molecule has 0 saturated heterocycles. The minimum Gasteiger partial charge on any atom is -0.355 e. The van der Waals surface area contributed by atoms with Crippen molar-refractivity contribution in [1.29, 1.82) is 0 Å². The van der Waals surface area contributed by atoms with Gasteiger partial charge in [0.15, 0.2) is 5.96 Å². The Morgan fingerprint density at radius 3 is 2.54 bits per heavy atom. The number of thioether (sulfide) groups is 1. The summed E-state index contributed by atoms with van der Waals surface area (Å²) >= 11 is 1.82. The average molecular weight is 490 g/mol. The molecule has 1 aromatic carbocycles. The van der Waals surface area contributed by atoms with Crippen LogP contribution in [0, 0.1) is 0 Å². The minimum atomic E-state index is 0. The van der Waals surface area contributed by atoms with E-state index in [1.54, 1.807) is 7.05 Å². The lowest BCUT2D eigenvalue weighted by Gasteiger charge is -2.23. The molecule has 1 atom stereocenters. The molecule has 146 valence electrons. The fraction of sp³-hybridized carbons (Fsp3) is 0.579. The maximum absolute atomic E-state index is 12.1. The summed E-state index contributed by atoms with van der Waals surface area (Å²) in [5.41, 5.74) is 0. The van der Waals surface area contributed by atoms with Gasteiger partial charge in [0, 0.05) is 29.8 Å². The Hall–Kier alpha value is -0.960. The number of nitrogens with one attached hydrogen (secondary N) is 3. The fourth-order valence-electron chi connectivity index (χ4n) is 2.92. The van der Waals surface area contributed by atoms with Crippen LogP contribution in [0.15, 0.2) is 40.2 Å². The molecular formula is C19H31IN4OS. The number of rotatable bonds is 7.